The van der Waals surface area contributed by atoms with Gasteiger partial charge in [-0.15, -0.1) is 0 Å². The van der Waals surface area contributed by atoms with E-state index in [4.69, 9.17) is 0 Å². The van der Waals surface area contributed by atoms with Gasteiger partial charge >= 0.3 is 6.18 Å². The van der Waals surface area contributed by atoms with Gasteiger partial charge in [-0.05, 0) is 13.0 Å². The summed E-state index contributed by atoms with van der Waals surface area (Å²) in [4.78, 5) is 0. The second-order valence-electron chi connectivity index (χ2n) is 2.30. The third-order valence-corrected chi connectivity index (χ3v) is 1.46. The maximum atomic E-state index is 12.2. The number of likely N-dealkylation sites (N-methyl/N-ethyl adjacent to an activating group) is 1. The van der Waals surface area contributed by atoms with Crippen molar-refractivity contribution < 1.29 is 13.2 Å². The molecule has 13 heavy (non-hydrogen) atoms. The normalized spacial score (nSPS) is 14.2. The molecule has 0 aromatic rings. The van der Waals surface area contributed by atoms with Crippen molar-refractivity contribution >= 4 is 0 Å². The second-order valence-corrected chi connectivity index (χ2v) is 2.30. The van der Waals surface area contributed by atoms with Crippen LogP contribution in [0.15, 0.2) is 36.1 Å². The van der Waals surface area contributed by atoms with Crippen LogP contribution in [0.5, 0.6) is 0 Å². The van der Waals surface area contributed by atoms with Crippen LogP contribution in [-0.2, 0) is 0 Å². The maximum Gasteiger partial charge on any atom is 0.416 e. The first-order valence-electron chi connectivity index (χ1n) is 3.71. The molecular weight excluding hydrogens is 179 g/mol. The largest absolute Gasteiger partial charge is 0.416 e. The highest BCUT2D eigenvalue weighted by Crippen LogP contribution is 2.26. The van der Waals surface area contributed by atoms with E-state index in [1.165, 1.54) is 0 Å². The molecule has 0 atom stereocenters. The van der Waals surface area contributed by atoms with Crippen molar-refractivity contribution in [2.75, 3.05) is 7.05 Å². The third-order valence-electron chi connectivity index (χ3n) is 1.46. The fourth-order valence-corrected chi connectivity index (χ4v) is 0.724. The van der Waals surface area contributed by atoms with Crippen molar-refractivity contribution in [3.63, 3.8) is 0 Å². The standard InChI is InChI=1S/C9H12F3N/c1-4-7(9(10,11)12)6-8(5-2)13-3/h4-6,13H,1H2,2-3H3/b7-6+,8-5+. The van der Waals surface area contributed by atoms with Crippen LogP contribution in [0, 0.1) is 0 Å². The zero-order valence-electron chi connectivity index (χ0n) is 7.57. The molecule has 0 aromatic heterocycles. The molecule has 0 saturated heterocycles. The lowest BCUT2D eigenvalue weighted by molar-refractivity contribution is -0.0882. The molecule has 74 valence electrons. The Kier molecular flexibility index (Phi) is 4.31. The Morgan fingerprint density at radius 3 is 2.15 bits per heavy atom. The second kappa shape index (κ2) is 4.74. The summed E-state index contributed by atoms with van der Waals surface area (Å²) < 4.78 is 36.5. The molecule has 0 rings (SSSR count). The predicted molar refractivity (Wildman–Crippen MR) is 47.2 cm³/mol. The van der Waals surface area contributed by atoms with Crippen LogP contribution < -0.4 is 5.32 Å². The molecule has 0 fully saturated rings. The van der Waals surface area contributed by atoms with Gasteiger partial charge in [0.25, 0.3) is 0 Å². The van der Waals surface area contributed by atoms with Gasteiger partial charge in [-0.25, -0.2) is 0 Å². The van der Waals surface area contributed by atoms with Gasteiger partial charge < -0.3 is 5.32 Å². The molecule has 1 nitrogen and oxygen atoms in total. The van der Waals surface area contributed by atoms with Crippen molar-refractivity contribution in [3.05, 3.63) is 36.1 Å². The minimum atomic E-state index is -4.34. The molecule has 0 radical (unpaired) electrons. The van der Waals surface area contributed by atoms with E-state index in [0.29, 0.717) is 5.70 Å². The van der Waals surface area contributed by atoms with E-state index in [1.54, 1.807) is 20.0 Å². The zero-order valence-corrected chi connectivity index (χ0v) is 7.57. The highest BCUT2D eigenvalue weighted by Gasteiger charge is 2.31. The number of hydrogen-bond donors (Lipinski definition) is 1. The first-order chi connectivity index (χ1) is 5.95. The Hall–Kier alpha value is -1.19. The van der Waals surface area contributed by atoms with E-state index in [0.717, 1.165) is 12.2 Å². The van der Waals surface area contributed by atoms with Crippen molar-refractivity contribution in [2.45, 2.75) is 13.1 Å². The van der Waals surface area contributed by atoms with E-state index >= 15 is 0 Å². The van der Waals surface area contributed by atoms with Gasteiger partial charge in [0, 0.05) is 12.7 Å². The van der Waals surface area contributed by atoms with Gasteiger partial charge in [-0.2, -0.15) is 13.2 Å². The van der Waals surface area contributed by atoms with Crippen molar-refractivity contribution in [3.8, 4) is 0 Å². The first-order valence-corrected chi connectivity index (χ1v) is 3.71. The Bertz CT molecular complexity index is 236. The van der Waals surface area contributed by atoms with Crippen LogP contribution in [0.1, 0.15) is 6.92 Å². The van der Waals surface area contributed by atoms with Gasteiger partial charge in [0.1, 0.15) is 0 Å². The Labute approximate surface area is 75.6 Å². The fourth-order valence-electron chi connectivity index (χ4n) is 0.724. The van der Waals surface area contributed by atoms with E-state index in [1.807, 2.05) is 0 Å². The number of hydrogen-bond acceptors (Lipinski definition) is 1. The summed E-state index contributed by atoms with van der Waals surface area (Å²) in [5.74, 6) is 0. The van der Waals surface area contributed by atoms with Crippen LogP contribution in [0.4, 0.5) is 13.2 Å². The molecule has 0 amide bonds. The average Bonchev–Trinajstić information content (AvgIpc) is 2.04. The molecule has 0 bridgehead atoms. The lowest BCUT2D eigenvalue weighted by Gasteiger charge is -2.08. The quantitative estimate of drug-likeness (QED) is 0.676. The summed E-state index contributed by atoms with van der Waals surface area (Å²) in [6.45, 7) is 4.76. The lowest BCUT2D eigenvalue weighted by Crippen LogP contribution is -2.12. The topological polar surface area (TPSA) is 12.0 Å². The van der Waals surface area contributed by atoms with E-state index in [-0.39, 0.29) is 0 Å². The van der Waals surface area contributed by atoms with Gasteiger partial charge in [-0.1, -0.05) is 18.7 Å². The van der Waals surface area contributed by atoms with E-state index < -0.39 is 11.7 Å². The maximum absolute atomic E-state index is 12.2. The number of nitrogens with one attached hydrogen (secondary N) is 1. The third kappa shape index (κ3) is 3.83. The monoisotopic (exact) mass is 191 g/mol. The first kappa shape index (κ1) is 11.8. The minimum absolute atomic E-state index is 0.409. The van der Waals surface area contributed by atoms with Crippen LogP contribution in [0.25, 0.3) is 0 Å². The smallest absolute Gasteiger partial charge is 0.388 e. The van der Waals surface area contributed by atoms with Crippen LogP contribution >= 0.6 is 0 Å². The Morgan fingerprint density at radius 1 is 1.38 bits per heavy atom. The number of rotatable bonds is 3. The molecule has 0 saturated carbocycles. The van der Waals surface area contributed by atoms with E-state index in [9.17, 15) is 13.2 Å². The molecule has 0 unspecified atom stereocenters. The van der Waals surface area contributed by atoms with Crippen LogP contribution in [0.2, 0.25) is 0 Å². The van der Waals surface area contributed by atoms with Crippen molar-refractivity contribution in [1.82, 2.24) is 5.32 Å². The predicted octanol–water partition coefficient (Wildman–Crippen LogP) is 2.78. The summed E-state index contributed by atoms with van der Waals surface area (Å²) in [7, 11) is 1.56. The summed E-state index contributed by atoms with van der Waals surface area (Å²) in [6, 6.07) is 0. The molecule has 0 aliphatic heterocycles. The number of alkyl halides is 3. The SMILES string of the molecule is C=C/C(=C\C(=C/C)NC)C(F)(F)F. The molecule has 0 aliphatic rings. The fraction of sp³-hybridized carbons (Fsp3) is 0.333. The molecule has 0 heterocycles. The summed E-state index contributed by atoms with van der Waals surface area (Å²) >= 11 is 0. The molecule has 0 aliphatic carbocycles. The molecule has 1 N–H and O–H groups in total. The van der Waals surface area contributed by atoms with Crippen molar-refractivity contribution in [1.29, 1.82) is 0 Å². The van der Waals surface area contributed by atoms with E-state index in [2.05, 4.69) is 11.9 Å². The lowest BCUT2D eigenvalue weighted by atomic mass is 10.2. The minimum Gasteiger partial charge on any atom is -0.388 e. The zero-order chi connectivity index (χ0) is 10.5. The van der Waals surface area contributed by atoms with Crippen molar-refractivity contribution in [2.24, 2.45) is 0 Å². The van der Waals surface area contributed by atoms with Gasteiger partial charge in [0.2, 0.25) is 0 Å². The molecular formula is C9H12F3N. The average molecular weight is 191 g/mol. The number of halogens is 3. The van der Waals surface area contributed by atoms with Gasteiger partial charge in [0.15, 0.2) is 0 Å². The highest BCUT2D eigenvalue weighted by molar-refractivity contribution is 5.31. The summed E-state index contributed by atoms with van der Waals surface area (Å²) in [5, 5.41) is 2.63. The number of allylic oxidation sites excluding steroid dienone is 4. The molecule has 0 spiro atoms. The molecule has 4 heteroatoms. The summed E-state index contributed by atoms with van der Waals surface area (Å²) in [6.07, 6.45) is -0.990. The summed E-state index contributed by atoms with van der Waals surface area (Å²) in [5.41, 5.74) is -0.345. The molecule has 0 aromatic carbocycles. The van der Waals surface area contributed by atoms with Crippen LogP contribution in [-0.4, -0.2) is 13.2 Å². The highest BCUT2D eigenvalue weighted by atomic mass is 19.4. The van der Waals surface area contributed by atoms with Gasteiger partial charge in [-0.3, -0.25) is 0 Å². The van der Waals surface area contributed by atoms with Gasteiger partial charge in [0.05, 0.1) is 5.57 Å². The Balaban J connectivity index is 4.87. The van der Waals surface area contributed by atoms with Crippen LogP contribution in [0.3, 0.4) is 0 Å². The Morgan fingerprint density at radius 2 is 1.92 bits per heavy atom.